The van der Waals surface area contributed by atoms with Crippen LogP contribution in [0.25, 0.3) is 0 Å². The summed E-state index contributed by atoms with van der Waals surface area (Å²) >= 11 is 0. The molecule has 0 amide bonds. The lowest BCUT2D eigenvalue weighted by molar-refractivity contribution is 0.138. The molecule has 2 rings (SSSR count). The van der Waals surface area contributed by atoms with Gasteiger partial charge in [-0.25, -0.2) is 0 Å². The van der Waals surface area contributed by atoms with E-state index < -0.39 is 0 Å². The maximum Gasteiger partial charge on any atom is 0.122 e. The average Bonchev–Trinajstić information content (AvgIpc) is 2.36. The van der Waals surface area contributed by atoms with Gasteiger partial charge in [-0.3, -0.25) is 0 Å². The molecule has 0 aliphatic carbocycles. The molecule has 0 atom stereocenters. The molecular weight excluding hydrogens is 222 g/mol. The molecule has 2 heteroatoms. The Morgan fingerprint density at radius 1 is 1.28 bits per heavy atom. The molecule has 0 aromatic heterocycles. The first-order valence-electron chi connectivity index (χ1n) is 6.85. The van der Waals surface area contributed by atoms with Gasteiger partial charge in [0.15, 0.2) is 0 Å². The lowest BCUT2D eigenvalue weighted by Crippen LogP contribution is -2.37. The third-order valence-electron chi connectivity index (χ3n) is 4.38. The molecule has 1 fully saturated rings. The fourth-order valence-electron chi connectivity index (χ4n) is 2.86. The van der Waals surface area contributed by atoms with Crippen LogP contribution in [0, 0.1) is 12.3 Å². The Morgan fingerprint density at radius 3 is 2.56 bits per heavy atom. The van der Waals surface area contributed by atoms with E-state index >= 15 is 0 Å². The van der Waals surface area contributed by atoms with Crippen LogP contribution in [-0.4, -0.2) is 32.1 Å². The van der Waals surface area contributed by atoms with Crippen LogP contribution in [0.4, 0.5) is 0 Å². The maximum atomic E-state index is 5.52. The minimum atomic E-state index is 0.423. The van der Waals surface area contributed by atoms with E-state index in [2.05, 4.69) is 44.0 Å². The molecule has 0 spiro atoms. The fourth-order valence-corrected chi connectivity index (χ4v) is 2.86. The third-order valence-corrected chi connectivity index (χ3v) is 4.38. The predicted octanol–water partition coefficient (Wildman–Crippen LogP) is 3.28. The molecule has 0 N–H and O–H groups in total. The van der Waals surface area contributed by atoms with Gasteiger partial charge in [0.05, 0.1) is 7.11 Å². The first kappa shape index (κ1) is 13.4. The average molecular weight is 247 g/mol. The molecule has 0 bridgehead atoms. The number of methoxy groups -OCH3 is 1. The normalized spacial score (nSPS) is 19.8. The van der Waals surface area contributed by atoms with Crippen molar-refractivity contribution in [1.82, 2.24) is 4.90 Å². The molecule has 0 unspecified atom stereocenters. The zero-order chi connectivity index (χ0) is 13.2. The van der Waals surface area contributed by atoms with Crippen molar-refractivity contribution in [3.05, 3.63) is 29.3 Å². The van der Waals surface area contributed by atoms with Gasteiger partial charge in [-0.2, -0.15) is 0 Å². The number of hydrogen-bond acceptors (Lipinski definition) is 2. The van der Waals surface area contributed by atoms with E-state index in [0.717, 1.165) is 12.2 Å². The summed E-state index contributed by atoms with van der Waals surface area (Å²) in [5.41, 5.74) is 3.17. The van der Waals surface area contributed by atoms with Gasteiger partial charge >= 0.3 is 0 Å². The van der Waals surface area contributed by atoms with E-state index in [1.165, 1.54) is 37.1 Å². The van der Waals surface area contributed by atoms with Crippen LogP contribution in [0.5, 0.6) is 5.75 Å². The van der Waals surface area contributed by atoms with Gasteiger partial charge in [-0.05, 0) is 68.9 Å². The monoisotopic (exact) mass is 247 g/mol. The summed E-state index contributed by atoms with van der Waals surface area (Å²) in [5.74, 6) is 1.05. The van der Waals surface area contributed by atoms with Gasteiger partial charge in [0.25, 0.3) is 0 Å². The van der Waals surface area contributed by atoms with E-state index in [4.69, 9.17) is 4.74 Å². The molecule has 1 aromatic carbocycles. The first-order chi connectivity index (χ1) is 8.54. The minimum Gasteiger partial charge on any atom is -0.496 e. The summed E-state index contributed by atoms with van der Waals surface area (Å²) in [6.45, 7) is 7.04. The van der Waals surface area contributed by atoms with Gasteiger partial charge in [-0.15, -0.1) is 0 Å². The van der Waals surface area contributed by atoms with Crippen molar-refractivity contribution in [2.45, 2.75) is 33.1 Å². The number of hydrogen-bond donors (Lipinski definition) is 0. The summed E-state index contributed by atoms with van der Waals surface area (Å²) in [6.07, 6.45) is 3.69. The summed E-state index contributed by atoms with van der Waals surface area (Å²) in [7, 11) is 3.99. The third kappa shape index (κ3) is 2.86. The van der Waals surface area contributed by atoms with Crippen LogP contribution in [0.15, 0.2) is 18.2 Å². The van der Waals surface area contributed by atoms with Crippen LogP contribution in [-0.2, 0) is 6.42 Å². The Hall–Kier alpha value is -1.02. The van der Waals surface area contributed by atoms with Crippen LogP contribution in [0.1, 0.15) is 30.9 Å². The number of nitrogens with zero attached hydrogens (tertiary/aromatic N) is 1. The summed E-state index contributed by atoms with van der Waals surface area (Å²) in [5, 5.41) is 0. The second kappa shape index (κ2) is 5.31. The van der Waals surface area contributed by atoms with Gasteiger partial charge in [-0.1, -0.05) is 19.1 Å². The van der Waals surface area contributed by atoms with Crippen molar-refractivity contribution in [3.8, 4) is 5.75 Å². The van der Waals surface area contributed by atoms with E-state index in [-0.39, 0.29) is 0 Å². The van der Waals surface area contributed by atoms with Crippen molar-refractivity contribution in [2.75, 3.05) is 27.2 Å². The molecule has 0 radical (unpaired) electrons. The maximum absolute atomic E-state index is 5.52. The highest BCUT2D eigenvalue weighted by Crippen LogP contribution is 2.37. The lowest BCUT2D eigenvalue weighted by atomic mass is 9.75. The highest BCUT2D eigenvalue weighted by molar-refractivity contribution is 5.40. The minimum absolute atomic E-state index is 0.423. The smallest absolute Gasteiger partial charge is 0.122 e. The molecule has 1 saturated heterocycles. The van der Waals surface area contributed by atoms with Crippen molar-refractivity contribution in [3.63, 3.8) is 0 Å². The van der Waals surface area contributed by atoms with Crippen LogP contribution in [0.3, 0.4) is 0 Å². The summed E-state index contributed by atoms with van der Waals surface area (Å²) in [4.78, 5) is 2.43. The first-order valence-corrected chi connectivity index (χ1v) is 6.85. The Kier molecular flexibility index (Phi) is 3.96. The Bertz CT molecular complexity index is 406. The Morgan fingerprint density at radius 2 is 1.94 bits per heavy atom. The van der Waals surface area contributed by atoms with E-state index in [9.17, 15) is 0 Å². The zero-order valence-electron chi connectivity index (χ0n) is 12.1. The topological polar surface area (TPSA) is 12.5 Å². The number of aryl methyl sites for hydroxylation is 1. The van der Waals surface area contributed by atoms with Crippen molar-refractivity contribution in [1.29, 1.82) is 0 Å². The van der Waals surface area contributed by atoms with E-state index in [1.807, 2.05) is 0 Å². The van der Waals surface area contributed by atoms with Crippen molar-refractivity contribution >= 4 is 0 Å². The molecule has 100 valence electrons. The second-order valence-corrected chi connectivity index (χ2v) is 6.05. The molecule has 18 heavy (non-hydrogen) atoms. The number of likely N-dealkylation sites (tertiary alicyclic amines) is 1. The molecule has 1 aliphatic rings. The Labute approximate surface area is 111 Å². The molecule has 2 nitrogen and oxygen atoms in total. The highest BCUT2D eigenvalue weighted by Gasteiger charge is 2.30. The molecule has 0 saturated carbocycles. The molecular formula is C16H25NO. The van der Waals surface area contributed by atoms with Crippen LogP contribution in [0.2, 0.25) is 0 Å². The number of rotatable bonds is 3. The lowest BCUT2D eigenvalue weighted by Gasteiger charge is -2.38. The van der Waals surface area contributed by atoms with E-state index in [1.54, 1.807) is 7.11 Å². The van der Waals surface area contributed by atoms with Gasteiger partial charge in [0, 0.05) is 0 Å². The number of piperidine rings is 1. The number of ether oxygens (including phenoxy) is 1. The fraction of sp³-hybridized carbons (Fsp3) is 0.625. The zero-order valence-corrected chi connectivity index (χ0v) is 12.1. The SMILES string of the molecule is COc1cccc(C)c1CC1(C)CCN(C)CC1. The van der Waals surface area contributed by atoms with Gasteiger partial charge in [0.2, 0.25) is 0 Å². The second-order valence-electron chi connectivity index (χ2n) is 6.05. The quantitative estimate of drug-likeness (QED) is 0.813. The number of benzene rings is 1. The van der Waals surface area contributed by atoms with Crippen LogP contribution < -0.4 is 4.74 Å². The van der Waals surface area contributed by atoms with Crippen molar-refractivity contribution < 1.29 is 4.74 Å². The van der Waals surface area contributed by atoms with Crippen molar-refractivity contribution in [2.24, 2.45) is 5.41 Å². The van der Waals surface area contributed by atoms with E-state index in [0.29, 0.717) is 5.41 Å². The Balaban J connectivity index is 2.18. The molecule has 1 aromatic rings. The summed E-state index contributed by atoms with van der Waals surface area (Å²) < 4.78 is 5.52. The van der Waals surface area contributed by atoms with Gasteiger partial charge < -0.3 is 9.64 Å². The standard InChI is InChI=1S/C16H25NO/c1-13-6-5-7-15(18-4)14(13)12-16(2)8-10-17(3)11-9-16/h5-7H,8-12H2,1-4H3. The van der Waals surface area contributed by atoms with Gasteiger partial charge in [0.1, 0.15) is 5.75 Å². The molecule has 1 aliphatic heterocycles. The summed E-state index contributed by atoms with van der Waals surface area (Å²) in [6, 6.07) is 6.35. The largest absolute Gasteiger partial charge is 0.496 e. The van der Waals surface area contributed by atoms with Crippen LogP contribution >= 0.6 is 0 Å². The predicted molar refractivity (Wildman–Crippen MR) is 76.3 cm³/mol. The highest BCUT2D eigenvalue weighted by atomic mass is 16.5. The molecule has 1 heterocycles.